The molecule has 2 aliphatic heterocycles. The number of carbonyl (C=O) groups is 4. The molecule has 2 N–H and O–H groups in total. The van der Waals surface area contributed by atoms with Crippen LogP contribution in [-0.4, -0.2) is 78.8 Å². The average molecular weight is 535 g/mol. The minimum Gasteiger partial charge on any atom is -0.491 e. The van der Waals surface area contributed by atoms with E-state index in [0.717, 1.165) is 0 Å². The molecule has 208 valence electrons. The maximum atomic E-state index is 13.8. The van der Waals surface area contributed by atoms with Gasteiger partial charge in [0.25, 0.3) is 5.91 Å². The Morgan fingerprint density at radius 3 is 2.26 bits per heavy atom. The second-order valence-corrected chi connectivity index (χ2v) is 10.7. The van der Waals surface area contributed by atoms with Gasteiger partial charge in [0, 0.05) is 20.1 Å². The summed E-state index contributed by atoms with van der Waals surface area (Å²) in [6, 6.07) is 13.1. The van der Waals surface area contributed by atoms with Gasteiger partial charge in [-0.05, 0) is 48.4 Å². The van der Waals surface area contributed by atoms with Gasteiger partial charge in [0.15, 0.2) is 0 Å². The van der Waals surface area contributed by atoms with Crippen molar-refractivity contribution in [1.29, 1.82) is 0 Å². The number of nitrogens with one attached hydrogen (secondary N) is 2. The van der Waals surface area contributed by atoms with Gasteiger partial charge in [-0.1, -0.05) is 50.2 Å². The highest BCUT2D eigenvalue weighted by Crippen LogP contribution is 2.20. The lowest BCUT2D eigenvalue weighted by Crippen LogP contribution is -2.54. The summed E-state index contributed by atoms with van der Waals surface area (Å²) in [6.45, 7) is 5.40. The number of fused-ring (bicyclic) bond motifs is 2. The lowest BCUT2D eigenvalue weighted by Gasteiger charge is -2.29. The van der Waals surface area contributed by atoms with E-state index in [4.69, 9.17) is 4.74 Å². The number of amides is 4. The van der Waals surface area contributed by atoms with E-state index in [1.54, 1.807) is 36.2 Å². The molecule has 2 atom stereocenters. The molecule has 2 aromatic rings. The molecule has 39 heavy (non-hydrogen) atoms. The predicted octanol–water partition coefficient (Wildman–Crippen LogP) is 2.18. The van der Waals surface area contributed by atoms with Gasteiger partial charge in [0.05, 0.1) is 18.5 Å². The summed E-state index contributed by atoms with van der Waals surface area (Å²) in [5.41, 5.74) is 2.67. The van der Waals surface area contributed by atoms with Crippen LogP contribution in [0.4, 0.5) is 0 Å². The van der Waals surface area contributed by atoms with E-state index in [9.17, 15) is 19.2 Å². The molecular weight excluding hydrogens is 496 g/mol. The Labute approximate surface area is 229 Å². The van der Waals surface area contributed by atoms with Crippen LogP contribution >= 0.6 is 0 Å². The van der Waals surface area contributed by atoms with Gasteiger partial charge in [-0.15, -0.1) is 0 Å². The maximum Gasteiger partial charge on any atom is 0.255 e. The number of hydrogen-bond donors (Lipinski definition) is 2. The summed E-state index contributed by atoms with van der Waals surface area (Å²) < 4.78 is 5.89. The number of nitrogens with zero attached hydrogens (tertiary/aromatic N) is 2. The van der Waals surface area contributed by atoms with Crippen molar-refractivity contribution in [2.75, 3.05) is 33.3 Å². The van der Waals surface area contributed by atoms with Crippen LogP contribution in [0.2, 0.25) is 0 Å². The second kappa shape index (κ2) is 12.8. The molecule has 0 saturated heterocycles. The lowest BCUT2D eigenvalue weighted by atomic mass is 10.0. The molecule has 0 spiro atoms. The molecule has 4 rings (SSSR count). The molecule has 9 heteroatoms. The Morgan fingerprint density at radius 2 is 1.59 bits per heavy atom. The van der Waals surface area contributed by atoms with Gasteiger partial charge in [-0.3, -0.25) is 19.2 Å². The number of likely N-dealkylation sites (N-methyl/N-ethyl adjacent to an activating group) is 1. The highest BCUT2D eigenvalue weighted by atomic mass is 16.5. The summed E-state index contributed by atoms with van der Waals surface area (Å²) in [5, 5.41) is 5.64. The second-order valence-electron chi connectivity index (χ2n) is 10.7. The van der Waals surface area contributed by atoms with E-state index in [2.05, 4.69) is 22.8 Å². The van der Waals surface area contributed by atoms with Crippen LogP contribution in [-0.2, 0) is 27.2 Å². The number of hydrogen-bond acceptors (Lipinski definition) is 5. The highest BCUT2D eigenvalue weighted by Gasteiger charge is 2.32. The van der Waals surface area contributed by atoms with Crippen molar-refractivity contribution >= 4 is 23.6 Å². The maximum absolute atomic E-state index is 13.8. The molecule has 0 unspecified atom stereocenters. The number of rotatable bonds is 3. The first-order valence-corrected chi connectivity index (χ1v) is 13.7. The molecule has 4 amide bonds. The Hall–Kier alpha value is -3.88. The summed E-state index contributed by atoms with van der Waals surface area (Å²) in [6.07, 6.45) is 1.57. The van der Waals surface area contributed by atoms with Crippen LogP contribution in [0.3, 0.4) is 0 Å². The molecule has 0 aliphatic carbocycles. The summed E-state index contributed by atoms with van der Waals surface area (Å²) in [5.74, 6) is -0.974. The topological polar surface area (TPSA) is 108 Å². The fourth-order valence-electron chi connectivity index (χ4n) is 5.13. The molecule has 0 bridgehead atoms. The quantitative estimate of drug-likeness (QED) is 0.628. The van der Waals surface area contributed by atoms with Crippen molar-refractivity contribution in [3.05, 3.63) is 65.2 Å². The zero-order valence-electron chi connectivity index (χ0n) is 22.9. The van der Waals surface area contributed by atoms with Gasteiger partial charge in [0.2, 0.25) is 17.7 Å². The van der Waals surface area contributed by atoms with Crippen LogP contribution < -0.4 is 15.4 Å². The smallest absolute Gasteiger partial charge is 0.255 e. The molecule has 2 aromatic carbocycles. The van der Waals surface area contributed by atoms with Gasteiger partial charge in [-0.2, -0.15) is 0 Å². The SMILES string of the molecule is CC(C)C[C@H]1NC(=O)C[C@@H](C(=O)N2CCc3ccccc3CC2)NC(=O)c2ccccc2OCCN(C)C1=O. The van der Waals surface area contributed by atoms with Crippen LogP contribution in [0.15, 0.2) is 48.5 Å². The van der Waals surface area contributed by atoms with Gasteiger partial charge in [-0.25, -0.2) is 0 Å². The van der Waals surface area contributed by atoms with Crippen molar-refractivity contribution in [2.24, 2.45) is 5.92 Å². The van der Waals surface area contributed by atoms with Crippen molar-refractivity contribution < 1.29 is 23.9 Å². The molecule has 0 saturated carbocycles. The minimum atomic E-state index is -1.10. The number of ether oxygens (including phenoxy) is 1. The van der Waals surface area contributed by atoms with Crippen LogP contribution in [0, 0.1) is 5.92 Å². The van der Waals surface area contributed by atoms with Crippen LogP contribution in [0.5, 0.6) is 5.75 Å². The first kappa shape index (κ1) is 28.1. The van der Waals surface area contributed by atoms with E-state index < -0.39 is 23.9 Å². The van der Waals surface area contributed by atoms with Crippen LogP contribution in [0.1, 0.15) is 48.2 Å². The third kappa shape index (κ3) is 7.16. The Bertz CT molecular complexity index is 1190. The van der Waals surface area contributed by atoms with Gasteiger partial charge < -0.3 is 25.2 Å². The lowest BCUT2D eigenvalue weighted by molar-refractivity contribution is -0.138. The fraction of sp³-hybridized carbons (Fsp3) is 0.467. The first-order chi connectivity index (χ1) is 18.7. The zero-order chi connectivity index (χ0) is 27.9. The molecule has 2 heterocycles. The summed E-state index contributed by atoms with van der Waals surface area (Å²) >= 11 is 0. The normalized spacial score (nSPS) is 21.1. The highest BCUT2D eigenvalue weighted by molar-refractivity contribution is 6.01. The Balaban J connectivity index is 1.61. The predicted molar refractivity (Wildman–Crippen MR) is 147 cm³/mol. The van der Waals surface area contributed by atoms with E-state index in [-0.39, 0.29) is 42.9 Å². The molecule has 0 aromatic heterocycles. The minimum absolute atomic E-state index is 0.158. The molecule has 2 aliphatic rings. The van der Waals surface area contributed by atoms with Gasteiger partial charge >= 0.3 is 0 Å². The third-order valence-corrected chi connectivity index (χ3v) is 7.26. The van der Waals surface area contributed by atoms with E-state index >= 15 is 0 Å². The van der Waals surface area contributed by atoms with Crippen molar-refractivity contribution in [3.63, 3.8) is 0 Å². The van der Waals surface area contributed by atoms with Crippen molar-refractivity contribution in [1.82, 2.24) is 20.4 Å². The fourth-order valence-corrected chi connectivity index (χ4v) is 5.13. The first-order valence-electron chi connectivity index (χ1n) is 13.7. The van der Waals surface area contributed by atoms with Crippen molar-refractivity contribution in [2.45, 2.75) is 51.6 Å². The number of para-hydroxylation sites is 1. The monoisotopic (exact) mass is 534 g/mol. The number of benzene rings is 2. The number of carbonyl (C=O) groups excluding carboxylic acids is 4. The Kier molecular flexibility index (Phi) is 9.22. The van der Waals surface area contributed by atoms with E-state index in [1.165, 1.54) is 16.0 Å². The Morgan fingerprint density at radius 1 is 0.949 bits per heavy atom. The van der Waals surface area contributed by atoms with Crippen molar-refractivity contribution in [3.8, 4) is 5.75 Å². The van der Waals surface area contributed by atoms with Gasteiger partial charge in [0.1, 0.15) is 24.4 Å². The average Bonchev–Trinajstić information content (AvgIpc) is 3.14. The summed E-state index contributed by atoms with van der Waals surface area (Å²) in [4.78, 5) is 56.9. The third-order valence-electron chi connectivity index (χ3n) is 7.26. The molecule has 0 fully saturated rings. The van der Waals surface area contributed by atoms with Crippen LogP contribution in [0.25, 0.3) is 0 Å². The van der Waals surface area contributed by atoms with E-state index in [1.807, 2.05) is 26.0 Å². The largest absolute Gasteiger partial charge is 0.491 e. The summed E-state index contributed by atoms with van der Waals surface area (Å²) in [7, 11) is 1.67. The standard InChI is InChI=1S/C30H38N4O5/c1-20(2)18-24-29(37)33(3)16-17-39-26-11-7-6-10-23(26)28(36)32-25(19-27(35)31-24)30(38)34-14-12-21-8-4-5-9-22(21)13-15-34/h4-11,20,24-25H,12-19H2,1-3H3,(H,31,35)(H,32,36)/t24-,25+/m1/s1. The molecular formula is C30H38N4O5. The zero-order valence-corrected chi connectivity index (χ0v) is 22.9. The van der Waals surface area contributed by atoms with E-state index in [0.29, 0.717) is 38.1 Å². The molecule has 0 radical (unpaired) electrons. The molecule has 9 nitrogen and oxygen atoms in total.